The number of carbonyl (C=O) groups excluding carboxylic acids is 2. The van der Waals surface area contributed by atoms with E-state index in [2.05, 4.69) is 20.9 Å². The van der Waals surface area contributed by atoms with Crippen LogP contribution in [0.1, 0.15) is 57.9 Å². The summed E-state index contributed by atoms with van der Waals surface area (Å²) in [6.45, 7) is 9.82. The van der Waals surface area contributed by atoms with E-state index in [1.54, 1.807) is 6.92 Å². The average Bonchev–Trinajstić information content (AvgIpc) is 2.97. The van der Waals surface area contributed by atoms with Crippen LogP contribution in [-0.2, 0) is 4.79 Å². The van der Waals surface area contributed by atoms with Gasteiger partial charge in [0.2, 0.25) is 5.91 Å². The van der Waals surface area contributed by atoms with Crippen molar-refractivity contribution >= 4 is 28.4 Å². The monoisotopic (exact) mass is 418 g/mol. The van der Waals surface area contributed by atoms with Crippen LogP contribution >= 0.6 is 11.3 Å². The Morgan fingerprint density at radius 2 is 1.86 bits per heavy atom. The first-order valence-electron chi connectivity index (χ1n) is 9.67. The minimum Gasteiger partial charge on any atom is -0.389 e. The number of nitrogens with one attached hydrogen (secondary N) is 3. The topological polar surface area (TPSA) is 103 Å². The zero-order valence-electron chi connectivity index (χ0n) is 17.6. The van der Waals surface area contributed by atoms with Gasteiger partial charge < -0.3 is 15.7 Å². The molecule has 1 atom stereocenters. The van der Waals surface area contributed by atoms with Crippen molar-refractivity contribution in [2.24, 2.45) is 0 Å². The number of hydrogen-bond donors (Lipinski definition) is 4. The van der Waals surface area contributed by atoms with Crippen molar-refractivity contribution in [1.82, 2.24) is 15.6 Å². The van der Waals surface area contributed by atoms with E-state index in [1.165, 1.54) is 11.3 Å². The highest BCUT2D eigenvalue weighted by Gasteiger charge is 2.14. The number of anilines is 1. The third-order valence-corrected chi connectivity index (χ3v) is 5.17. The van der Waals surface area contributed by atoms with Gasteiger partial charge in [-0.05, 0) is 52.2 Å². The third-order valence-electron chi connectivity index (χ3n) is 4.05. The molecule has 8 heteroatoms. The molecular formula is C21H30N4O3S. The summed E-state index contributed by atoms with van der Waals surface area (Å²) in [5, 5.41) is 18.5. The van der Waals surface area contributed by atoms with Gasteiger partial charge in [-0.25, -0.2) is 9.78 Å². The molecule has 0 aliphatic carbocycles. The van der Waals surface area contributed by atoms with Crippen LogP contribution in [0.25, 0.3) is 10.4 Å². The zero-order chi connectivity index (χ0) is 21.6. The maximum atomic E-state index is 12.1. The van der Waals surface area contributed by atoms with E-state index in [4.69, 9.17) is 0 Å². The number of urea groups is 1. The SMILES string of the molecule is Cc1nc(NC(=O)NCCCC(=O)NC(C)(C)C)sc1-c1ccc(C(C)O)cc1. The Morgan fingerprint density at radius 3 is 2.45 bits per heavy atom. The Morgan fingerprint density at radius 1 is 1.21 bits per heavy atom. The molecule has 3 amide bonds. The lowest BCUT2D eigenvalue weighted by Gasteiger charge is -2.20. The molecule has 0 bridgehead atoms. The summed E-state index contributed by atoms with van der Waals surface area (Å²) < 4.78 is 0. The largest absolute Gasteiger partial charge is 0.389 e. The molecule has 29 heavy (non-hydrogen) atoms. The molecule has 0 saturated carbocycles. The highest BCUT2D eigenvalue weighted by atomic mass is 32.1. The van der Waals surface area contributed by atoms with E-state index in [0.717, 1.165) is 21.7 Å². The summed E-state index contributed by atoms with van der Waals surface area (Å²) in [4.78, 5) is 29.2. The number of aromatic nitrogens is 1. The van der Waals surface area contributed by atoms with Crippen molar-refractivity contribution in [2.75, 3.05) is 11.9 Å². The Kier molecular flexibility index (Phi) is 7.75. The van der Waals surface area contributed by atoms with Crippen molar-refractivity contribution in [2.45, 2.75) is 59.1 Å². The molecule has 0 fully saturated rings. The van der Waals surface area contributed by atoms with Crippen LogP contribution in [0.15, 0.2) is 24.3 Å². The van der Waals surface area contributed by atoms with Crippen LogP contribution in [0.2, 0.25) is 0 Å². The Hall–Kier alpha value is -2.45. The molecule has 0 radical (unpaired) electrons. The van der Waals surface area contributed by atoms with Gasteiger partial charge in [0.15, 0.2) is 5.13 Å². The molecule has 158 valence electrons. The minimum absolute atomic E-state index is 0.0264. The number of aryl methyl sites for hydroxylation is 1. The average molecular weight is 419 g/mol. The summed E-state index contributed by atoms with van der Waals surface area (Å²) in [7, 11) is 0. The summed E-state index contributed by atoms with van der Waals surface area (Å²) in [6, 6.07) is 7.30. The van der Waals surface area contributed by atoms with Crippen LogP contribution in [0.5, 0.6) is 0 Å². The van der Waals surface area contributed by atoms with Gasteiger partial charge in [-0.15, -0.1) is 0 Å². The highest BCUT2D eigenvalue weighted by molar-refractivity contribution is 7.19. The number of rotatable bonds is 7. The van der Waals surface area contributed by atoms with Crippen molar-refractivity contribution < 1.29 is 14.7 Å². The molecule has 2 aromatic rings. The summed E-state index contributed by atoms with van der Waals surface area (Å²) >= 11 is 1.40. The second kappa shape index (κ2) is 9.84. The smallest absolute Gasteiger partial charge is 0.321 e. The fourth-order valence-electron chi connectivity index (χ4n) is 2.70. The van der Waals surface area contributed by atoms with E-state index in [0.29, 0.717) is 24.5 Å². The molecule has 1 heterocycles. The quantitative estimate of drug-likeness (QED) is 0.511. The number of benzene rings is 1. The lowest BCUT2D eigenvalue weighted by molar-refractivity contribution is -0.122. The molecule has 7 nitrogen and oxygen atoms in total. The third kappa shape index (κ3) is 7.47. The summed E-state index contributed by atoms with van der Waals surface area (Å²) in [5.41, 5.74) is 2.42. The molecule has 1 unspecified atom stereocenters. The second-order valence-electron chi connectivity index (χ2n) is 8.01. The Labute approximate surface area is 175 Å². The fraction of sp³-hybridized carbons (Fsp3) is 0.476. The second-order valence-corrected chi connectivity index (χ2v) is 9.01. The number of aliphatic hydroxyl groups is 1. The standard InChI is InChI=1S/C21H30N4O3S/c1-13-18(16-10-8-15(9-11-16)14(2)26)29-20(23-13)24-19(28)22-12-6-7-17(27)25-21(3,4)5/h8-11,14,26H,6-7,12H2,1-5H3,(H,25,27)(H2,22,23,24,28). The lowest BCUT2D eigenvalue weighted by atomic mass is 10.1. The van der Waals surface area contributed by atoms with Gasteiger partial charge in [0.25, 0.3) is 0 Å². The number of thiazole rings is 1. The van der Waals surface area contributed by atoms with Crippen molar-refractivity contribution in [1.29, 1.82) is 0 Å². The van der Waals surface area contributed by atoms with Crippen molar-refractivity contribution in [3.63, 3.8) is 0 Å². The van der Waals surface area contributed by atoms with Crippen LogP contribution in [-0.4, -0.2) is 34.1 Å². The van der Waals surface area contributed by atoms with Crippen molar-refractivity contribution in [3.05, 3.63) is 35.5 Å². The maximum Gasteiger partial charge on any atom is 0.321 e. The molecule has 4 N–H and O–H groups in total. The Bertz CT molecular complexity index is 839. The van der Waals surface area contributed by atoms with Crippen LogP contribution in [0.4, 0.5) is 9.93 Å². The summed E-state index contributed by atoms with van der Waals surface area (Å²) in [5.74, 6) is -0.0264. The number of aliphatic hydroxyl groups excluding tert-OH is 1. The molecule has 0 aliphatic rings. The first-order valence-corrected chi connectivity index (χ1v) is 10.5. The van der Waals surface area contributed by atoms with E-state index in [-0.39, 0.29) is 17.5 Å². The maximum absolute atomic E-state index is 12.1. The first kappa shape index (κ1) is 22.8. The fourth-order valence-corrected chi connectivity index (χ4v) is 3.67. The number of carbonyl (C=O) groups is 2. The van der Waals surface area contributed by atoms with Gasteiger partial charge in [-0.3, -0.25) is 10.1 Å². The van der Waals surface area contributed by atoms with Gasteiger partial charge in [-0.1, -0.05) is 35.6 Å². The number of nitrogens with zero attached hydrogens (tertiary/aromatic N) is 1. The Balaban J connectivity index is 1.84. The van der Waals surface area contributed by atoms with Gasteiger partial charge in [0, 0.05) is 18.5 Å². The van der Waals surface area contributed by atoms with Gasteiger partial charge in [0.1, 0.15) is 0 Å². The van der Waals surface area contributed by atoms with Gasteiger partial charge >= 0.3 is 6.03 Å². The molecule has 1 aromatic carbocycles. The molecule has 1 aromatic heterocycles. The highest BCUT2D eigenvalue weighted by Crippen LogP contribution is 2.33. The van der Waals surface area contributed by atoms with E-state index in [9.17, 15) is 14.7 Å². The normalized spacial score (nSPS) is 12.3. The number of hydrogen-bond acceptors (Lipinski definition) is 5. The molecule has 0 saturated heterocycles. The first-order chi connectivity index (χ1) is 13.5. The molecule has 0 spiro atoms. The zero-order valence-corrected chi connectivity index (χ0v) is 18.4. The van der Waals surface area contributed by atoms with E-state index in [1.807, 2.05) is 52.0 Å². The van der Waals surface area contributed by atoms with Crippen LogP contribution < -0.4 is 16.0 Å². The minimum atomic E-state index is -0.507. The lowest BCUT2D eigenvalue weighted by Crippen LogP contribution is -2.40. The molecule has 2 rings (SSSR count). The molecular weight excluding hydrogens is 388 g/mol. The van der Waals surface area contributed by atoms with Gasteiger partial charge in [0.05, 0.1) is 16.7 Å². The van der Waals surface area contributed by atoms with E-state index < -0.39 is 6.10 Å². The van der Waals surface area contributed by atoms with Gasteiger partial charge in [-0.2, -0.15) is 0 Å². The van der Waals surface area contributed by atoms with E-state index >= 15 is 0 Å². The number of amides is 3. The van der Waals surface area contributed by atoms with Crippen LogP contribution in [0, 0.1) is 6.92 Å². The molecule has 0 aliphatic heterocycles. The van der Waals surface area contributed by atoms with Crippen molar-refractivity contribution in [3.8, 4) is 10.4 Å². The summed E-state index contributed by atoms with van der Waals surface area (Å²) in [6.07, 6.45) is 0.417. The van der Waals surface area contributed by atoms with Crippen LogP contribution in [0.3, 0.4) is 0 Å². The predicted molar refractivity (Wildman–Crippen MR) is 117 cm³/mol. The predicted octanol–water partition coefficient (Wildman–Crippen LogP) is 3.99.